The van der Waals surface area contributed by atoms with Crippen LogP contribution in [-0.2, 0) is 0 Å². The molecule has 0 aromatic heterocycles. The quantitative estimate of drug-likeness (QED) is 0.138. The van der Waals surface area contributed by atoms with Gasteiger partial charge in [0.25, 0.3) is 0 Å². The molecule has 6 aromatic rings. The van der Waals surface area contributed by atoms with Crippen LogP contribution >= 0.6 is 0 Å². The highest BCUT2D eigenvalue weighted by molar-refractivity contribution is 5.73. The Labute approximate surface area is 303 Å². The Morgan fingerprint density at radius 2 is 0.846 bits per heavy atom. The number of benzene rings is 6. The Hall–Kier alpha value is -6.32. The van der Waals surface area contributed by atoms with E-state index in [0.29, 0.717) is 44.9 Å². The van der Waals surface area contributed by atoms with E-state index in [-0.39, 0.29) is 18.4 Å². The van der Waals surface area contributed by atoms with E-state index in [4.69, 9.17) is 31.5 Å². The van der Waals surface area contributed by atoms with Gasteiger partial charge >= 0.3 is 0 Å². The molecule has 260 valence electrons. The summed E-state index contributed by atoms with van der Waals surface area (Å²) in [5.41, 5.74) is 18.5. The lowest BCUT2D eigenvalue weighted by Crippen LogP contribution is -2.07. The van der Waals surface area contributed by atoms with Crippen LogP contribution in [-0.4, -0.2) is 19.9 Å². The molecule has 52 heavy (non-hydrogen) atoms. The molecular formula is C44H38F2N4O2. The third-order valence-corrected chi connectivity index (χ3v) is 8.44. The predicted molar refractivity (Wildman–Crippen MR) is 202 cm³/mol. The van der Waals surface area contributed by atoms with E-state index in [1.807, 2.05) is 62.4 Å². The van der Waals surface area contributed by atoms with Crippen LogP contribution in [0.15, 0.2) is 121 Å². The largest absolute Gasteiger partial charge is 0.457 e. The summed E-state index contributed by atoms with van der Waals surface area (Å²) in [7, 11) is 0. The van der Waals surface area contributed by atoms with Gasteiger partial charge in [0.05, 0.1) is 23.3 Å². The van der Waals surface area contributed by atoms with Crippen molar-refractivity contribution in [2.24, 2.45) is 11.5 Å². The van der Waals surface area contributed by atoms with Gasteiger partial charge in [0.15, 0.2) is 0 Å². The van der Waals surface area contributed by atoms with Gasteiger partial charge < -0.3 is 20.9 Å². The minimum atomic E-state index is -0.342. The maximum absolute atomic E-state index is 15.1. The summed E-state index contributed by atoms with van der Waals surface area (Å²) >= 11 is 0. The van der Waals surface area contributed by atoms with Gasteiger partial charge in [-0.05, 0) is 139 Å². The van der Waals surface area contributed by atoms with Gasteiger partial charge in [0, 0.05) is 11.1 Å². The van der Waals surface area contributed by atoms with Crippen molar-refractivity contribution in [2.75, 3.05) is 19.9 Å². The van der Waals surface area contributed by atoms with E-state index in [1.54, 1.807) is 60.7 Å². The van der Waals surface area contributed by atoms with Crippen molar-refractivity contribution < 1.29 is 18.3 Å². The van der Waals surface area contributed by atoms with Crippen LogP contribution in [0.5, 0.6) is 11.5 Å². The summed E-state index contributed by atoms with van der Waals surface area (Å²) in [6.45, 7) is 5.27. The minimum absolute atomic E-state index is 0.0117. The van der Waals surface area contributed by atoms with Gasteiger partial charge in [-0.25, -0.2) is 8.78 Å². The van der Waals surface area contributed by atoms with Crippen molar-refractivity contribution in [1.82, 2.24) is 0 Å². The van der Waals surface area contributed by atoms with Crippen molar-refractivity contribution in [3.05, 3.63) is 155 Å². The monoisotopic (exact) mass is 692 g/mol. The Bertz CT molecular complexity index is 2080. The minimum Gasteiger partial charge on any atom is -0.457 e. The summed E-state index contributed by atoms with van der Waals surface area (Å²) in [5, 5.41) is 18.0. The Morgan fingerprint density at radius 3 is 1.15 bits per heavy atom. The Kier molecular flexibility index (Phi) is 12.5. The summed E-state index contributed by atoms with van der Waals surface area (Å²) < 4.78 is 41.9. The zero-order valence-corrected chi connectivity index (χ0v) is 29.0. The Balaban J connectivity index is 0.000000979. The second-order valence-corrected chi connectivity index (χ2v) is 12.1. The molecule has 0 heterocycles. The summed E-state index contributed by atoms with van der Waals surface area (Å²) in [4.78, 5) is 0. The van der Waals surface area contributed by atoms with E-state index >= 15 is 8.78 Å². The van der Waals surface area contributed by atoms with Gasteiger partial charge in [-0.1, -0.05) is 60.7 Å². The lowest BCUT2D eigenvalue weighted by atomic mass is 9.98. The molecule has 6 rings (SSSR count). The summed E-state index contributed by atoms with van der Waals surface area (Å²) in [5.74, 6) is 0.613. The van der Waals surface area contributed by atoms with Gasteiger partial charge in [-0.2, -0.15) is 10.5 Å². The molecule has 6 nitrogen and oxygen atoms in total. The van der Waals surface area contributed by atoms with Crippen LogP contribution in [0.1, 0.15) is 28.7 Å². The van der Waals surface area contributed by atoms with Crippen molar-refractivity contribution in [3.8, 4) is 68.1 Å². The molecule has 8 heteroatoms. The molecule has 0 radical (unpaired) electrons. The molecule has 0 aliphatic heterocycles. The van der Waals surface area contributed by atoms with Crippen LogP contribution in [0.4, 0.5) is 8.78 Å². The second kappa shape index (κ2) is 17.6. The van der Waals surface area contributed by atoms with Gasteiger partial charge in [-0.15, -0.1) is 0 Å². The number of hydrogen-bond acceptors (Lipinski definition) is 6. The molecule has 4 N–H and O–H groups in total. The van der Waals surface area contributed by atoms with Crippen LogP contribution < -0.4 is 20.9 Å². The fraction of sp³-hybridized carbons (Fsp3) is 0.136. The van der Waals surface area contributed by atoms with Crippen LogP contribution in [0, 0.1) is 48.1 Å². The average Bonchev–Trinajstić information content (AvgIpc) is 3.16. The van der Waals surface area contributed by atoms with E-state index in [1.165, 1.54) is 12.1 Å². The SMILES string of the molecule is Cc1cc(-c2ccc(-c3ccc(C#N)cc3)c(F)c2)ccc1OCOc1ccc(-c2ccc(-c3ccc(C#N)cc3)c(F)c2)cc1C.NCCCN. The number of nitrogens with zero attached hydrogens (tertiary/aromatic N) is 2. The topological polar surface area (TPSA) is 118 Å². The fourth-order valence-corrected chi connectivity index (χ4v) is 5.56. The highest BCUT2D eigenvalue weighted by Crippen LogP contribution is 2.33. The van der Waals surface area contributed by atoms with Crippen molar-refractivity contribution in [2.45, 2.75) is 20.3 Å². The molecule has 0 saturated heterocycles. The van der Waals surface area contributed by atoms with Gasteiger partial charge in [0.2, 0.25) is 6.79 Å². The molecule has 0 atom stereocenters. The fourth-order valence-electron chi connectivity index (χ4n) is 5.56. The standard InChI is InChI=1S/C41H28F2N2O2.C3H10N2/c1-26-19-32(34-11-15-36(38(42)21-34)30-7-3-28(23-44)4-8-30)13-17-40(26)46-25-47-41-18-14-33(20-27(41)2)35-12-16-37(39(43)22-35)31-9-5-29(24-45)6-10-31;4-2-1-3-5/h3-22H,25H2,1-2H3;1-5H2. The zero-order valence-electron chi connectivity index (χ0n) is 29.0. The van der Waals surface area contributed by atoms with Crippen molar-refractivity contribution >= 4 is 0 Å². The highest BCUT2D eigenvalue weighted by atomic mass is 19.1. The van der Waals surface area contributed by atoms with Crippen LogP contribution in [0.2, 0.25) is 0 Å². The van der Waals surface area contributed by atoms with E-state index in [2.05, 4.69) is 12.1 Å². The molecule has 0 saturated carbocycles. The summed E-state index contributed by atoms with van der Waals surface area (Å²) in [6, 6.07) is 39.4. The number of rotatable bonds is 10. The first kappa shape index (κ1) is 36.9. The lowest BCUT2D eigenvalue weighted by Gasteiger charge is -2.14. The Morgan fingerprint density at radius 1 is 0.500 bits per heavy atom. The first-order valence-corrected chi connectivity index (χ1v) is 16.7. The van der Waals surface area contributed by atoms with Gasteiger partial charge in [0.1, 0.15) is 23.1 Å². The van der Waals surface area contributed by atoms with Crippen LogP contribution in [0.3, 0.4) is 0 Å². The molecule has 0 unspecified atom stereocenters. The molecular weight excluding hydrogens is 655 g/mol. The van der Waals surface area contributed by atoms with E-state index in [9.17, 15) is 0 Å². The normalized spacial score (nSPS) is 10.4. The maximum atomic E-state index is 15.1. The third kappa shape index (κ3) is 9.07. The van der Waals surface area contributed by atoms with Crippen molar-refractivity contribution in [1.29, 1.82) is 10.5 Å². The molecule has 0 aliphatic rings. The molecule has 0 bridgehead atoms. The molecule has 0 spiro atoms. The van der Waals surface area contributed by atoms with Crippen LogP contribution in [0.25, 0.3) is 44.5 Å². The molecule has 0 aliphatic carbocycles. The average molecular weight is 693 g/mol. The summed E-state index contributed by atoms with van der Waals surface area (Å²) in [6.07, 6.45) is 0.944. The number of nitrogens with two attached hydrogens (primary N) is 2. The smallest absolute Gasteiger partial charge is 0.230 e. The number of ether oxygens (including phenoxy) is 2. The number of hydrogen-bond donors (Lipinski definition) is 2. The number of aryl methyl sites for hydroxylation is 2. The first-order valence-electron chi connectivity index (χ1n) is 16.7. The van der Waals surface area contributed by atoms with E-state index < -0.39 is 0 Å². The molecule has 0 fully saturated rings. The molecule has 6 aromatic carbocycles. The van der Waals surface area contributed by atoms with Crippen molar-refractivity contribution in [3.63, 3.8) is 0 Å². The first-order chi connectivity index (χ1) is 25.2. The third-order valence-electron chi connectivity index (χ3n) is 8.44. The highest BCUT2D eigenvalue weighted by Gasteiger charge is 2.12. The second-order valence-electron chi connectivity index (χ2n) is 12.1. The maximum Gasteiger partial charge on any atom is 0.230 e. The number of nitriles is 2. The predicted octanol–water partition coefficient (Wildman–Crippen LogP) is 9.70. The zero-order chi connectivity index (χ0) is 37.0. The van der Waals surface area contributed by atoms with E-state index in [0.717, 1.165) is 52.9 Å². The number of halogens is 2. The van der Waals surface area contributed by atoms with Gasteiger partial charge in [-0.3, -0.25) is 0 Å². The molecule has 0 amide bonds. The lowest BCUT2D eigenvalue weighted by molar-refractivity contribution is 0.118.